The van der Waals surface area contributed by atoms with Crippen molar-refractivity contribution in [3.63, 3.8) is 0 Å². The van der Waals surface area contributed by atoms with Crippen molar-refractivity contribution in [2.75, 3.05) is 0 Å². The minimum Gasteiger partial charge on any atom is -0.480 e. The molecule has 0 bridgehead atoms. The lowest BCUT2D eigenvalue weighted by atomic mass is 10.1. The second-order valence-corrected chi connectivity index (χ2v) is 7.33. The first kappa shape index (κ1) is 16.0. The maximum Gasteiger partial charge on any atom is 0.326 e. The number of carbonyl (C=O) groups is 2. The van der Waals surface area contributed by atoms with E-state index in [0.29, 0.717) is 18.4 Å². The molecule has 0 saturated heterocycles. The molecule has 2 rings (SSSR count). The van der Waals surface area contributed by atoms with Crippen LogP contribution in [0.3, 0.4) is 0 Å². The Balaban J connectivity index is 1.96. The van der Waals surface area contributed by atoms with Crippen LogP contribution in [0.1, 0.15) is 22.3 Å². The average Bonchev–Trinajstić information content (AvgIpc) is 2.90. The Bertz CT molecular complexity index is 627. The highest BCUT2D eigenvalue weighted by Gasteiger charge is 2.21. The van der Waals surface area contributed by atoms with Crippen LogP contribution in [0.2, 0.25) is 0 Å². The van der Waals surface area contributed by atoms with E-state index in [0.717, 1.165) is 8.45 Å². The van der Waals surface area contributed by atoms with E-state index in [2.05, 4.69) is 27.9 Å². The SMILES string of the molecule is O=C(NC(CCc1ccccc1)C(=O)O)c1csc(I)c1. The normalized spacial score (nSPS) is 11.9. The first-order chi connectivity index (χ1) is 10.1. The number of thiophene rings is 1. The van der Waals surface area contributed by atoms with Crippen LogP contribution < -0.4 is 5.32 Å². The topological polar surface area (TPSA) is 66.4 Å². The van der Waals surface area contributed by atoms with E-state index in [1.54, 1.807) is 11.4 Å². The van der Waals surface area contributed by atoms with Crippen LogP contribution >= 0.6 is 33.9 Å². The number of amides is 1. The van der Waals surface area contributed by atoms with E-state index in [1.165, 1.54) is 11.3 Å². The van der Waals surface area contributed by atoms with Gasteiger partial charge in [0.1, 0.15) is 6.04 Å². The molecule has 0 fully saturated rings. The molecular weight excluding hydrogens is 401 g/mol. The third-order valence-electron chi connectivity index (χ3n) is 3.00. The van der Waals surface area contributed by atoms with E-state index < -0.39 is 12.0 Å². The van der Waals surface area contributed by atoms with Crippen molar-refractivity contribution >= 4 is 45.8 Å². The van der Waals surface area contributed by atoms with Crippen molar-refractivity contribution in [1.82, 2.24) is 5.32 Å². The lowest BCUT2D eigenvalue weighted by Gasteiger charge is -2.14. The van der Waals surface area contributed by atoms with Gasteiger partial charge < -0.3 is 10.4 Å². The van der Waals surface area contributed by atoms with Gasteiger partial charge in [-0.05, 0) is 47.1 Å². The van der Waals surface area contributed by atoms with Crippen LogP contribution in [-0.4, -0.2) is 23.0 Å². The van der Waals surface area contributed by atoms with Crippen LogP contribution in [0.5, 0.6) is 0 Å². The second kappa shape index (κ2) is 7.56. The zero-order valence-electron chi connectivity index (χ0n) is 11.1. The van der Waals surface area contributed by atoms with Crippen LogP contribution in [-0.2, 0) is 11.2 Å². The Labute approximate surface area is 140 Å². The average molecular weight is 415 g/mol. The Morgan fingerprint density at radius 3 is 2.57 bits per heavy atom. The zero-order valence-corrected chi connectivity index (χ0v) is 14.1. The van der Waals surface area contributed by atoms with Gasteiger partial charge in [-0.2, -0.15) is 0 Å². The zero-order chi connectivity index (χ0) is 15.2. The number of nitrogens with one attached hydrogen (secondary N) is 1. The molecule has 2 N–H and O–H groups in total. The van der Waals surface area contributed by atoms with Gasteiger partial charge >= 0.3 is 5.97 Å². The summed E-state index contributed by atoms with van der Waals surface area (Å²) < 4.78 is 0.994. The van der Waals surface area contributed by atoms with Crippen molar-refractivity contribution in [3.05, 3.63) is 55.8 Å². The largest absolute Gasteiger partial charge is 0.480 e. The van der Waals surface area contributed by atoms with Crippen molar-refractivity contribution in [2.45, 2.75) is 18.9 Å². The summed E-state index contributed by atoms with van der Waals surface area (Å²) in [4.78, 5) is 23.3. The standard InChI is InChI=1S/C15H14INO3S/c16-13-8-11(9-21-13)14(18)17-12(15(19)20)7-6-10-4-2-1-3-5-10/h1-5,8-9,12H,6-7H2,(H,17,18)(H,19,20). The quantitative estimate of drug-likeness (QED) is 0.713. The van der Waals surface area contributed by atoms with Gasteiger partial charge in [0.25, 0.3) is 5.91 Å². The Kier molecular flexibility index (Phi) is 5.75. The number of hydrogen-bond acceptors (Lipinski definition) is 3. The van der Waals surface area contributed by atoms with Gasteiger partial charge in [-0.25, -0.2) is 4.79 Å². The summed E-state index contributed by atoms with van der Waals surface area (Å²) in [5.74, 6) is -1.35. The third kappa shape index (κ3) is 4.82. The predicted molar refractivity (Wildman–Crippen MR) is 90.7 cm³/mol. The van der Waals surface area contributed by atoms with Crippen LogP contribution in [0.4, 0.5) is 0 Å². The summed E-state index contributed by atoms with van der Waals surface area (Å²) in [5, 5.41) is 13.5. The predicted octanol–water partition coefficient (Wildman–Crippen LogP) is 3.17. The van der Waals surface area contributed by atoms with Gasteiger partial charge in [0.05, 0.1) is 8.45 Å². The molecule has 0 spiro atoms. The van der Waals surface area contributed by atoms with Crippen molar-refractivity contribution < 1.29 is 14.7 Å². The van der Waals surface area contributed by atoms with E-state index in [1.807, 2.05) is 30.3 Å². The Morgan fingerprint density at radius 2 is 2.00 bits per heavy atom. The van der Waals surface area contributed by atoms with Crippen molar-refractivity contribution in [1.29, 1.82) is 0 Å². The highest BCUT2D eigenvalue weighted by atomic mass is 127. The maximum absolute atomic E-state index is 12.0. The lowest BCUT2D eigenvalue weighted by Crippen LogP contribution is -2.41. The summed E-state index contributed by atoms with van der Waals surface area (Å²) in [6.45, 7) is 0. The van der Waals surface area contributed by atoms with Gasteiger partial charge in [0.15, 0.2) is 0 Å². The maximum atomic E-state index is 12.0. The number of aliphatic carboxylic acids is 1. The molecule has 1 unspecified atom stereocenters. The summed E-state index contributed by atoms with van der Waals surface area (Å²) in [6.07, 6.45) is 0.978. The third-order valence-corrected chi connectivity index (χ3v) is 4.79. The fourth-order valence-electron chi connectivity index (χ4n) is 1.88. The number of carbonyl (C=O) groups excluding carboxylic acids is 1. The minimum atomic E-state index is -1.01. The molecule has 0 radical (unpaired) electrons. The minimum absolute atomic E-state index is 0.338. The van der Waals surface area contributed by atoms with Crippen LogP contribution in [0.15, 0.2) is 41.8 Å². The van der Waals surface area contributed by atoms with Gasteiger partial charge in [-0.15, -0.1) is 11.3 Å². The van der Waals surface area contributed by atoms with Crippen LogP contribution in [0, 0.1) is 2.88 Å². The Morgan fingerprint density at radius 1 is 1.29 bits per heavy atom. The highest BCUT2D eigenvalue weighted by molar-refractivity contribution is 14.1. The summed E-state index contributed by atoms with van der Waals surface area (Å²) in [5.41, 5.74) is 1.57. The molecular formula is C15H14INO3S. The number of hydrogen-bond donors (Lipinski definition) is 2. The molecule has 0 aliphatic rings. The molecule has 1 atom stereocenters. The van der Waals surface area contributed by atoms with Gasteiger partial charge in [0.2, 0.25) is 0 Å². The van der Waals surface area contributed by atoms with Crippen molar-refractivity contribution in [3.8, 4) is 0 Å². The molecule has 0 aliphatic carbocycles. The van der Waals surface area contributed by atoms with E-state index in [-0.39, 0.29) is 5.91 Å². The molecule has 0 saturated carbocycles. The monoisotopic (exact) mass is 415 g/mol. The molecule has 21 heavy (non-hydrogen) atoms. The second-order valence-electron chi connectivity index (χ2n) is 4.53. The molecule has 1 aromatic heterocycles. The highest BCUT2D eigenvalue weighted by Crippen LogP contribution is 2.16. The first-order valence-electron chi connectivity index (χ1n) is 6.38. The number of carboxylic acids is 1. The van der Waals surface area contributed by atoms with Crippen molar-refractivity contribution in [2.24, 2.45) is 0 Å². The molecule has 1 amide bonds. The molecule has 6 heteroatoms. The smallest absolute Gasteiger partial charge is 0.326 e. The number of carboxylic acid groups (broad SMARTS) is 1. The first-order valence-corrected chi connectivity index (χ1v) is 8.33. The molecule has 4 nitrogen and oxygen atoms in total. The number of aryl methyl sites for hydroxylation is 1. The Hall–Kier alpha value is -1.41. The fraction of sp³-hybridized carbons (Fsp3) is 0.200. The molecule has 1 aromatic carbocycles. The summed E-state index contributed by atoms with van der Waals surface area (Å²) >= 11 is 3.58. The van der Waals surface area contributed by atoms with Gasteiger partial charge in [-0.1, -0.05) is 30.3 Å². The van der Waals surface area contributed by atoms with Gasteiger partial charge in [0, 0.05) is 5.38 Å². The number of rotatable bonds is 6. The van der Waals surface area contributed by atoms with Gasteiger partial charge in [-0.3, -0.25) is 4.79 Å². The van der Waals surface area contributed by atoms with E-state index in [4.69, 9.17) is 0 Å². The van der Waals surface area contributed by atoms with Crippen LogP contribution in [0.25, 0.3) is 0 Å². The molecule has 1 heterocycles. The van der Waals surface area contributed by atoms with E-state index >= 15 is 0 Å². The van der Waals surface area contributed by atoms with E-state index in [9.17, 15) is 14.7 Å². The molecule has 2 aromatic rings. The number of halogens is 1. The summed E-state index contributed by atoms with van der Waals surface area (Å²) in [6, 6.07) is 10.5. The lowest BCUT2D eigenvalue weighted by molar-refractivity contribution is -0.139. The number of benzene rings is 1. The fourth-order valence-corrected chi connectivity index (χ4v) is 3.21. The molecule has 110 valence electrons. The summed E-state index contributed by atoms with van der Waals surface area (Å²) in [7, 11) is 0. The molecule has 0 aliphatic heterocycles.